The van der Waals surface area contributed by atoms with E-state index in [4.69, 9.17) is 27.9 Å². The Hall–Kier alpha value is -3.27. The zero-order valence-electron chi connectivity index (χ0n) is 23.6. The van der Waals surface area contributed by atoms with Crippen LogP contribution in [0.5, 0.6) is 5.75 Å². The first kappa shape index (κ1) is 31.7. The number of carbonyl (C=O) groups is 2. The quantitative estimate of drug-likeness (QED) is 0.262. The normalized spacial score (nSPS) is 14.3. The Bertz CT molecular complexity index is 1500. The van der Waals surface area contributed by atoms with Crippen LogP contribution < -0.4 is 14.4 Å². The number of amides is 2. The second-order valence-electron chi connectivity index (χ2n) is 10.2. The van der Waals surface area contributed by atoms with Crippen molar-refractivity contribution in [3.8, 4) is 5.75 Å². The number of nitrogens with one attached hydrogen (secondary N) is 1. The first-order valence-electron chi connectivity index (χ1n) is 13.9. The zero-order chi connectivity index (χ0) is 30.3. The lowest BCUT2D eigenvalue weighted by molar-refractivity contribution is -0.140. The van der Waals surface area contributed by atoms with Crippen molar-refractivity contribution in [2.75, 3.05) is 18.0 Å². The van der Waals surface area contributed by atoms with Crippen molar-refractivity contribution in [2.24, 2.45) is 0 Å². The Labute approximate surface area is 257 Å². The van der Waals surface area contributed by atoms with Gasteiger partial charge in [0.25, 0.3) is 10.0 Å². The van der Waals surface area contributed by atoms with Gasteiger partial charge in [0.2, 0.25) is 11.8 Å². The van der Waals surface area contributed by atoms with E-state index in [0.717, 1.165) is 35.6 Å². The molecule has 11 heteroatoms. The summed E-state index contributed by atoms with van der Waals surface area (Å²) < 4.78 is 34.2. The van der Waals surface area contributed by atoms with E-state index in [0.29, 0.717) is 12.2 Å². The number of nitrogens with zero attached hydrogens (tertiary/aromatic N) is 2. The minimum Gasteiger partial charge on any atom is -0.497 e. The fourth-order valence-corrected chi connectivity index (χ4v) is 7.05. The molecule has 42 heavy (non-hydrogen) atoms. The average molecular weight is 633 g/mol. The highest BCUT2D eigenvalue weighted by Gasteiger charge is 2.35. The SMILES string of the molecule is CCC(C(=O)NC1CCCC1)N(Cc1cccc(OC)c1)C(=O)CN(c1cc(Cl)ccc1Cl)S(=O)(=O)c1ccccc1. The van der Waals surface area contributed by atoms with Crippen LogP contribution in [0.1, 0.15) is 44.6 Å². The lowest BCUT2D eigenvalue weighted by Crippen LogP contribution is -2.53. The molecule has 3 aromatic rings. The molecule has 0 saturated heterocycles. The van der Waals surface area contributed by atoms with E-state index >= 15 is 0 Å². The van der Waals surface area contributed by atoms with E-state index in [-0.39, 0.29) is 39.1 Å². The van der Waals surface area contributed by atoms with Crippen molar-refractivity contribution in [3.63, 3.8) is 0 Å². The highest BCUT2D eigenvalue weighted by molar-refractivity contribution is 7.92. The molecule has 224 valence electrons. The maximum Gasteiger partial charge on any atom is 0.264 e. The number of methoxy groups -OCH3 is 1. The molecule has 1 fully saturated rings. The summed E-state index contributed by atoms with van der Waals surface area (Å²) in [5.41, 5.74) is 0.791. The molecule has 0 heterocycles. The number of hydrogen-bond acceptors (Lipinski definition) is 5. The first-order valence-corrected chi connectivity index (χ1v) is 16.1. The number of carbonyl (C=O) groups excluding carboxylic acids is 2. The van der Waals surface area contributed by atoms with Gasteiger partial charge in [0, 0.05) is 17.6 Å². The van der Waals surface area contributed by atoms with E-state index in [1.165, 1.54) is 35.2 Å². The smallest absolute Gasteiger partial charge is 0.264 e. The molecule has 1 N–H and O–H groups in total. The molecule has 1 aliphatic rings. The van der Waals surface area contributed by atoms with Crippen LogP contribution >= 0.6 is 23.2 Å². The van der Waals surface area contributed by atoms with Crippen molar-refractivity contribution in [1.29, 1.82) is 0 Å². The van der Waals surface area contributed by atoms with Gasteiger partial charge in [0.1, 0.15) is 18.3 Å². The Morgan fingerprint density at radius 3 is 2.38 bits per heavy atom. The van der Waals surface area contributed by atoms with Gasteiger partial charge < -0.3 is 15.0 Å². The topological polar surface area (TPSA) is 96.0 Å². The number of halogens is 2. The van der Waals surface area contributed by atoms with Gasteiger partial charge in [0.15, 0.2) is 0 Å². The van der Waals surface area contributed by atoms with E-state index in [9.17, 15) is 18.0 Å². The lowest BCUT2D eigenvalue weighted by Gasteiger charge is -2.34. The molecular weight excluding hydrogens is 597 g/mol. The fourth-order valence-electron chi connectivity index (χ4n) is 5.16. The number of rotatable bonds is 12. The summed E-state index contributed by atoms with van der Waals surface area (Å²) in [5.74, 6) is -0.233. The molecule has 1 aliphatic carbocycles. The van der Waals surface area contributed by atoms with Crippen LogP contribution in [0.3, 0.4) is 0 Å². The van der Waals surface area contributed by atoms with Crippen LogP contribution in [-0.2, 0) is 26.2 Å². The van der Waals surface area contributed by atoms with Crippen LogP contribution in [-0.4, -0.2) is 50.9 Å². The summed E-state index contributed by atoms with van der Waals surface area (Å²) in [7, 11) is -2.71. The van der Waals surface area contributed by atoms with Gasteiger partial charge in [-0.15, -0.1) is 0 Å². The maximum absolute atomic E-state index is 14.2. The van der Waals surface area contributed by atoms with Crippen LogP contribution in [0.4, 0.5) is 5.69 Å². The fraction of sp³-hybridized carbons (Fsp3) is 0.355. The van der Waals surface area contributed by atoms with Gasteiger partial charge in [-0.05, 0) is 67.3 Å². The van der Waals surface area contributed by atoms with Gasteiger partial charge in [-0.2, -0.15) is 0 Å². The molecule has 0 aliphatic heterocycles. The third-order valence-corrected chi connectivity index (χ3v) is 9.69. The largest absolute Gasteiger partial charge is 0.497 e. The molecule has 1 unspecified atom stereocenters. The minimum atomic E-state index is -4.25. The zero-order valence-corrected chi connectivity index (χ0v) is 26.0. The van der Waals surface area contributed by atoms with Gasteiger partial charge >= 0.3 is 0 Å². The summed E-state index contributed by atoms with van der Waals surface area (Å²) in [6.45, 7) is 1.29. The Kier molecular flexibility index (Phi) is 10.8. The van der Waals surface area contributed by atoms with Crippen molar-refractivity contribution >= 4 is 50.7 Å². The van der Waals surface area contributed by atoms with E-state index < -0.39 is 28.5 Å². The van der Waals surface area contributed by atoms with Gasteiger partial charge in [-0.25, -0.2) is 8.42 Å². The second-order valence-corrected chi connectivity index (χ2v) is 12.9. The van der Waals surface area contributed by atoms with Crippen molar-refractivity contribution in [1.82, 2.24) is 10.2 Å². The molecule has 0 aromatic heterocycles. The predicted molar refractivity (Wildman–Crippen MR) is 165 cm³/mol. The number of ether oxygens (including phenoxy) is 1. The molecule has 8 nitrogen and oxygen atoms in total. The highest BCUT2D eigenvalue weighted by atomic mass is 35.5. The van der Waals surface area contributed by atoms with E-state index in [1.807, 2.05) is 13.0 Å². The van der Waals surface area contributed by atoms with Crippen LogP contribution in [0.2, 0.25) is 10.0 Å². The summed E-state index contributed by atoms with van der Waals surface area (Å²) in [6, 6.07) is 18.7. The number of hydrogen-bond donors (Lipinski definition) is 1. The van der Waals surface area contributed by atoms with Gasteiger partial charge in [-0.3, -0.25) is 13.9 Å². The molecule has 0 radical (unpaired) electrons. The molecule has 2 amide bonds. The minimum absolute atomic E-state index is 0.0146. The third kappa shape index (κ3) is 7.56. The summed E-state index contributed by atoms with van der Waals surface area (Å²) in [6.07, 6.45) is 4.20. The summed E-state index contributed by atoms with van der Waals surface area (Å²) in [5, 5.41) is 3.47. The Balaban J connectivity index is 1.74. The number of anilines is 1. The van der Waals surface area contributed by atoms with Crippen LogP contribution in [0, 0.1) is 0 Å². The molecule has 4 rings (SSSR count). The first-order chi connectivity index (χ1) is 20.1. The second kappa shape index (κ2) is 14.3. The molecule has 1 saturated carbocycles. The summed E-state index contributed by atoms with van der Waals surface area (Å²) in [4.78, 5) is 29.2. The van der Waals surface area contributed by atoms with Crippen LogP contribution in [0.25, 0.3) is 0 Å². The van der Waals surface area contributed by atoms with E-state index in [2.05, 4.69) is 5.32 Å². The maximum atomic E-state index is 14.2. The third-order valence-electron chi connectivity index (χ3n) is 7.36. The van der Waals surface area contributed by atoms with Gasteiger partial charge in [0.05, 0.1) is 22.7 Å². The monoisotopic (exact) mass is 631 g/mol. The number of sulfonamides is 1. The molecular formula is C31H35Cl2N3O5S. The van der Waals surface area contributed by atoms with Crippen LogP contribution in [0.15, 0.2) is 77.7 Å². The van der Waals surface area contributed by atoms with Crippen molar-refractivity contribution in [2.45, 2.75) is 62.6 Å². The van der Waals surface area contributed by atoms with Crippen molar-refractivity contribution in [3.05, 3.63) is 88.4 Å². The lowest BCUT2D eigenvalue weighted by atomic mass is 10.1. The summed E-state index contributed by atoms with van der Waals surface area (Å²) >= 11 is 12.7. The molecule has 1 atom stereocenters. The van der Waals surface area contributed by atoms with Crippen molar-refractivity contribution < 1.29 is 22.7 Å². The highest BCUT2D eigenvalue weighted by Crippen LogP contribution is 2.33. The molecule has 0 bridgehead atoms. The number of benzene rings is 3. The van der Waals surface area contributed by atoms with E-state index in [1.54, 1.807) is 43.5 Å². The standard InChI is InChI=1S/C31H35Cl2N3O5S/c1-3-28(31(38)34-24-11-7-8-12-24)35(20-22-10-9-13-25(18-22)41-2)30(37)21-36(29-19-23(32)16-17-27(29)33)42(39,40)26-14-5-4-6-15-26/h4-6,9-10,13-19,24,28H,3,7-8,11-12,20-21H2,1-2H3,(H,34,38). The Morgan fingerprint density at radius 2 is 1.71 bits per heavy atom. The Morgan fingerprint density at radius 1 is 1.00 bits per heavy atom. The van der Waals surface area contributed by atoms with Gasteiger partial charge in [-0.1, -0.05) is 73.3 Å². The predicted octanol–water partition coefficient (Wildman–Crippen LogP) is 6.06. The molecule has 3 aromatic carbocycles. The molecule has 0 spiro atoms. The average Bonchev–Trinajstić information content (AvgIpc) is 3.50.